The van der Waals surface area contributed by atoms with Crippen molar-refractivity contribution >= 4 is 5.97 Å². The zero-order chi connectivity index (χ0) is 18.4. The van der Waals surface area contributed by atoms with E-state index >= 15 is 0 Å². The van der Waals surface area contributed by atoms with E-state index in [9.17, 15) is 4.79 Å². The van der Waals surface area contributed by atoms with E-state index in [1.807, 2.05) is 0 Å². The highest BCUT2D eigenvalue weighted by molar-refractivity contribution is 5.69. The van der Waals surface area contributed by atoms with Gasteiger partial charge in [-0.1, -0.05) is 71.6 Å². The van der Waals surface area contributed by atoms with E-state index in [0.717, 1.165) is 32.3 Å². The van der Waals surface area contributed by atoms with Gasteiger partial charge in [0.25, 0.3) is 0 Å². The molecule has 0 aliphatic rings. The van der Waals surface area contributed by atoms with Crippen LogP contribution in [-0.4, -0.2) is 39.0 Å². The van der Waals surface area contributed by atoms with Crippen molar-refractivity contribution in [1.82, 2.24) is 0 Å². The maximum atomic E-state index is 11.5. The Morgan fingerprint density at radius 3 is 1.64 bits per heavy atom. The Balaban J connectivity index is 3.11. The molecule has 0 bridgehead atoms. The minimum Gasteiger partial charge on any atom is -0.466 e. The topological polar surface area (TPSA) is 44.8 Å². The molecule has 0 aromatic carbocycles. The summed E-state index contributed by atoms with van der Waals surface area (Å²) in [6.45, 7) is 7.70. The third-order valence-corrected chi connectivity index (χ3v) is 4.19. The second-order valence-electron chi connectivity index (χ2n) is 6.73. The van der Waals surface area contributed by atoms with Crippen LogP contribution in [0.1, 0.15) is 97.3 Å². The molecule has 4 nitrogen and oxygen atoms in total. The van der Waals surface area contributed by atoms with Gasteiger partial charge in [0.1, 0.15) is 0 Å². The van der Waals surface area contributed by atoms with Crippen LogP contribution in [0, 0.1) is 0 Å². The van der Waals surface area contributed by atoms with E-state index in [4.69, 9.17) is 14.2 Å². The van der Waals surface area contributed by atoms with Crippen molar-refractivity contribution in [3.05, 3.63) is 0 Å². The average Bonchev–Trinajstić information content (AvgIpc) is 2.62. The summed E-state index contributed by atoms with van der Waals surface area (Å²) in [5.41, 5.74) is 0. The average molecular weight is 359 g/mol. The van der Waals surface area contributed by atoms with Crippen LogP contribution in [0.5, 0.6) is 0 Å². The van der Waals surface area contributed by atoms with E-state index in [0.29, 0.717) is 32.8 Å². The minimum atomic E-state index is -0.0987. The molecule has 0 aliphatic carbocycles. The van der Waals surface area contributed by atoms with Gasteiger partial charge in [0, 0.05) is 19.6 Å². The summed E-state index contributed by atoms with van der Waals surface area (Å²) >= 11 is 0. The third kappa shape index (κ3) is 21.3. The summed E-state index contributed by atoms with van der Waals surface area (Å²) in [6.07, 6.45) is 14.8. The maximum Gasteiger partial charge on any atom is 0.305 e. The largest absolute Gasteiger partial charge is 0.466 e. The third-order valence-electron chi connectivity index (χ3n) is 4.19. The first-order valence-electron chi connectivity index (χ1n) is 10.6. The number of carbonyl (C=O) groups excluding carboxylic acids is 1. The van der Waals surface area contributed by atoms with Gasteiger partial charge in [-0.05, 0) is 19.3 Å². The molecule has 0 amide bonds. The van der Waals surface area contributed by atoms with E-state index < -0.39 is 0 Å². The van der Waals surface area contributed by atoms with Crippen LogP contribution in [-0.2, 0) is 19.0 Å². The maximum absolute atomic E-state index is 11.5. The molecule has 0 unspecified atom stereocenters. The normalized spacial score (nSPS) is 11.0. The number of ether oxygens (including phenoxy) is 3. The molecule has 0 aromatic rings. The van der Waals surface area contributed by atoms with Crippen molar-refractivity contribution in [1.29, 1.82) is 0 Å². The van der Waals surface area contributed by atoms with Crippen molar-refractivity contribution in [3.63, 3.8) is 0 Å². The first-order chi connectivity index (χ1) is 12.3. The van der Waals surface area contributed by atoms with E-state index in [-0.39, 0.29) is 5.97 Å². The molecule has 0 radical (unpaired) electrons. The van der Waals surface area contributed by atoms with Gasteiger partial charge in [0.15, 0.2) is 0 Å². The Bertz CT molecular complexity index is 269. The molecular formula is C21H42O4. The summed E-state index contributed by atoms with van der Waals surface area (Å²) in [5, 5.41) is 0. The quantitative estimate of drug-likeness (QED) is 0.208. The second-order valence-corrected chi connectivity index (χ2v) is 6.73. The van der Waals surface area contributed by atoms with Gasteiger partial charge < -0.3 is 14.2 Å². The van der Waals surface area contributed by atoms with Crippen molar-refractivity contribution < 1.29 is 19.0 Å². The van der Waals surface area contributed by atoms with Gasteiger partial charge >= 0.3 is 5.97 Å². The Morgan fingerprint density at radius 1 is 0.560 bits per heavy atom. The molecule has 0 saturated heterocycles. The highest BCUT2D eigenvalue weighted by Gasteiger charge is 2.02. The molecule has 4 heteroatoms. The predicted molar refractivity (Wildman–Crippen MR) is 104 cm³/mol. The molecule has 150 valence electrons. The molecule has 0 fully saturated rings. The molecule has 0 heterocycles. The van der Waals surface area contributed by atoms with E-state index in [2.05, 4.69) is 13.8 Å². The standard InChI is InChI=1S/C21H42O4/c1-3-5-7-9-11-12-16-23-19-20-24-17-14-15-21(22)25-18-13-10-8-6-4-2/h3-20H2,1-2H3. The number of hydrogen-bond donors (Lipinski definition) is 0. The lowest BCUT2D eigenvalue weighted by Crippen LogP contribution is -2.09. The minimum absolute atomic E-state index is 0.0987. The van der Waals surface area contributed by atoms with E-state index in [1.165, 1.54) is 51.4 Å². The van der Waals surface area contributed by atoms with Gasteiger partial charge in [-0.25, -0.2) is 0 Å². The molecule has 25 heavy (non-hydrogen) atoms. The number of hydrogen-bond acceptors (Lipinski definition) is 4. The second kappa shape index (κ2) is 21.4. The molecule has 0 aliphatic heterocycles. The van der Waals surface area contributed by atoms with Crippen molar-refractivity contribution in [2.75, 3.05) is 33.0 Å². The summed E-state index contributed by atoms with van der Waals surface area (Å²) in [4.78, 5) is 11.5. The first-order valence-corrected chi connectivity index (χ1v) is 10.6. The van der Waals surface area contributed by atoms with Crippen LogP contribution in [0.3, 0.4) is 0 Å². The highest BCUT2D eigenvalue weighted by Crippen LogP contribution is 2.05. The Labute approximate surface area is 156 Å². The molecule has 0 saturated carbocycles. The van der Waals surface area contributed by atoms with Crippen LogP contribution in [0.4, 0.5) is 0 Å². The molecular weight excluding hydrogens is 316 g/mol. The van der Waals surface area contributed by atoms with E-state index in [1.54, 1.807) is 0 Å². The van der Waals surface area contributed by atoms with Crippen LogP contribution in [0.25, 0.3) is 0 Å². The summed E-state index contributed by atoms with van der Waals surface area (Å²) in [6, 6.07) is 0. The van der Waals surface area contributed by atoms with Gasteiger partial charge in [-0.15, -0.1) is 0 Å². The number of esters is 1. The molecule has 0 atom stereocenters. The van der Waals surface area contributed by atoms with Gasteiger partial charge in [0.05, 0.1) is 19.8 Å². The predicted octanol–water partition coefficient (Wildman–Crippen LogP) is 5.67. The van der Waals surface area contributed by atoms with Gasteiger partial charge in [-0.2, -0.15) is 0 Å². The van der Waals surface area contributed by atoms with Crippen molar-refractivity contribution in [2.45, 2.75) is 97.3 Å². The number of carbonyl (C=O) groups is 1. The van der Waals surface area contributed by atoms with Crippen LogP contribution in [0.15, 0.2) is 0 Å². The van der Waals surface area contributed by atoms with Crippen LogP contribution < -0.4 is 0 Å². The van der Waals surface area contributed by atoms with Crippen molar-refractivity contribution in [2.24, 2.45) is 0 Å². The summed E-state index contributed by atoms with van der Waals surface area (Å²) in [7, 11) is 0. The number of rotatable bonds is 20. The molecule has 0 aromatic heterocycles. The SMILES string of the molecule is CCCCCCCCOCCOCCCC(=O)OCCCCCCC. The Kier molecular flexibility index (Phi) is 20.9. The van der Waals surface area contributed by atoms with Gasteiger partial charge in [0.2, 0.25) is 0 Å². The Morgan fingerprint density at radius 2 is 1.04 bits per heavy atom. The van der Waals surface area contributed by atoms with Crippen molar-refractivity contribution in [3.8, 4) is 0 Å². The zero-order valence-electron chi connectivity index (χ0n) is 16.9. The molecule has 0 rings (SSSR count). The van der Waals surface area contributed by atoms with Crippen LogP contribution >= 0.6 is 0 Å². The fourth-order valence-electron chi connectivity index (χ4n) is 2.59. The molecule has 0 N–H and O–H groups in total. The molecule has 0 spiro atoms. The zero-order valence-corrected chi connectivity index (χ0v) is 16.9. The highest BCUT2D eigenvalue weighted by atomic mass is 16.5. The first kappa shape index (κ1) is 24.4. The lowest BCUT2D eigenvalue weighted by atomic mass is 10.1. The van der Waals surface area contributed by atoms with Gasteiger partial charge in [-0.3, -0.25) is 4.79 Å². The van der Waals surface area contributed by atoms with Crippen LogP contribution in [0.2, 0.25) is 0 Å². The fourth-order valence-corrected chi connectivity index (χ4v) is 2.59. The summed E-state index contributed by atoms with van der Waals surface area (Å²) in [5.74, 6) is -0.0987. The summed E-state index contributed by atoms with van der Waals surface area (Å²) < 4.78 is 16.2. The smallest absolute Gasteiger partial charge is 0.305 e. The number of unbranched alkanes of at least 4 members (excludes halogenated alkanes) is 9. The Hall–Kier alpha value is -0.610. The fraction of sp³-hybridized carbons (Fsp3) is 0.952. The lowest BCUT2D eigenvalue weighted by molar-refractivity contribution is -0.144. The lowest BCUT2D eigenvalue weighted by Gasteiger charge is -2.07. The monoisotopic (exact) mass is 358 g/mol.